The molecule has 0 atom stereocenters. The zero-order valence-electron chi connectivity index (χ0n) is 11.0. The Morgan fingerprint density at radius 2 is 2.10 bits per heavy atom. The van der Waals surface area contributed by atoms with Crippen LogP contribution in [-0.2, 0) is 29.8 Å². The van der Waals surface area contributed by atoms with Crippen LogP contribution in [-0.4, -0.2) is 34.5 Å². The van der Waals surface area contributed by atoms with E-state index in [0.717, 1.165) is 21.0 Å². The van der Waals surface area contributed by atoms with E-state index < -0.39 is 21.9 Å². The van der Waals surface area contributed by atoms with Gasteiger partial charge in [0.15, 0.2) is 10.7 Å². The number of aromatic nitrogens is 3. The zero-order valence-corrected chi connectivity index (χ0v) is 12.6. The minimum absolute atomic E-state index is 0.0439. The summed E-state index contributed by atoms with van der Waals surface area (Å²) in [6, 6.07) is 1.31. The number of nitrogens with zero attached hydrogens (tertiary/aromatic N) is 4. The fourth-order valence-corrected chi connectivity index (χ4v) is 3.72. The number of hydrogen-bond acceptors (Lipinski definition) is 5. The largest absolute Gasteiger partial charge is 0.434 e. The minimum Gasteiger partial charge on any atom is -0.256 e. The molecule has 0 aromatic carbocycles. The molecule has 21 heavy (non-hydrogen) atoms. The predicted molar refractivity (Wildman–Crippen MR) is 69.0 cm³/mol. The highest BCUT2D eigenvalue weighted by molar-refractivity contribution is 7.89. The van der Waals surface area contributed by atoms with Crippen LogP contribution in [0, 0.1) is 0 Å². The Morgan fingerprint density at radius 3 is 2.57 bits per heavy atom. The van der Waals surface area contributed by atoms with Crippen molar-refractivity contribution in [2.24, 2.45) is 7.05 Å². The second-order valence-electron chi connectivity index (χ2n) is 4.18. The Labute approximate surface area is 122 Å². The number of sulfonamides is 1. The SMILES string of the molecule is CN(Cc1nc(C(F)(F)F)cs1)S(=O)(=O)c1ccnn1C. The first kappa shape index (κ1) is 15.9. The third-order valence-electron chi connectivity index (χ3n) is 2.65. The zero-order chi connectivity index (χ0) is 15.8. The summed E-state index contributed by atoms with van der Waals surface area (Å²) >= 11 is 0.763. The van der Waals surface area contributed by atoms with Crippen molar-refractivity contribution in [3.63, 3.8) is 0 Å². The van der Waals surface area contributed by atoms with Gasteiger partial charge in [-0.25, -0.2) is 13.4 Å². The van der Waals surface area contributed by atoms with Gasteiger partial charge in [0, 0.05) is 19.5 Å². The van der Waals surface area contributed by atoms with Crippen LogP contribution in [0.15, 0.2) is 22.7 Å². The molecule has 0 unspecified atom stereocenters. The standard InChI is InChI=1S/C10H11F3N4O2S2/c1-16(21(18,19)9-3-4-14-17(9)2)5-8-15-7(6-20-8)10(11,12)13/h3-4,6H,5H2,1-2H3. The maximum Gasteiger partial charge on any atom is 0.434 e. The average molecular weight is 340 g/mol. The van der Waals surface area contributed by atoms with Gasteiger partial charge in [-0.3, -0.25) is 4.68 Å². The third kappa shape index (κ3) is 3.24. The van der Waals surface area contributed by atoms with E-state index in [0.29, 0.717) is 0 Å². The highest BCUT2D eigenvalue weighted by Gasteiger charge is 2.34. The Bertz CT molecular complexity index is 736. The lowest BCUT2D eigenvalue weighted by atomic mass is 10.5. The van der Waals surface area contributed by atoms with Crippen molar-refractivity contribution in [1.82, 2.24) is 19.1 Å². The average Bonchev–Trinajstić information content (AvgIpc) is 2.97. The summed E-state index contributed by atoms with van der Waals surface area (Å²) in [5.74, 6) is 0. The predicted octanol–water partition coefficient (Wildman–Crippen LogP) is 1.72. The molecule has 0 bridgehead atoms. The topological polar surface area (TPSA) is 68.1 Å². The molecule has 0 amide bonds. The van der Waals surface area contributed by atoms with Crippen molar-refractivity contribution in [2.75, 3.05) is 7.05 Å². The fourth-order valence-electron chi connectivity index (χ4n) is 1.56. The number of thiazole rings is 1. The minimum atomic E-state index is -4.53. The third-order valence-corrected chi connectivity index (χ3v) is 5.36. The van der Waals surface area contributed by atoms with Gasteiger partial charge in [0.1, 0.15) is 5.01 Å². The van der Waals surface area contributed by atoms with E-state index in [9.17, 15) is 21.6 Å². The van der Waals surface area contributed by atoms with E-state index in [1.165, 1.54) is 31.0 Å². The van der Waals surface area contributed by atoms with Crippen LogP contribution >= 0.6 is 11.3 Å². The molecule has 2 aromatic heterocycles. The molecule has 0 N–H and O–H groups in total. The quantitative estimate of drug-likeness (QED) is 0.850. The van der Waals surface area contributed by atoms with Crippen LogP contribution < -0.4 is 0 Å². The van der Waals surface area contributed by atoms with Gasteiger partial charge in [-0.1, -0.05) is 0 Å². The smallest absolute Gasteiger partial charge is 0.256 e. The molecule has 0 saturated carbocycles. The molecule has 11 heteroatoms. The van der Waals surface area contributed by atoms with Crippen LogP contribution in [0.25, 0.3) is 0 Å². The van der Waals surface area contributed by atoms with Gasteiger partial charge in [-0.2, -0.15) is 22.6 Å². The summed E-state index contributed by atoms with van der Waals surface area (Å²) < 4.78 is 63.9. The molecule has 6 nitrogen and oxygen atoms in total. The summed E-state index contributed by atoms with van der Waals surface area (Å²) in [7, 11) is -1.09. The number of halogens is 3. The van der Waals surface area contributed by atoms with Gasteiger partial charge < -0.3 is 0 Å². The second-order valence-corrected chi connectivity index (χ2v) is 7.11. The van der Waals surface area contributed by atoms with Crippen molar-refractivity contribution < 1.29 is 21.6 Å². The van der Waals surface area contributed by atoms with Crippen molar-refractivity contribution in [2.45, 2.75) is 17.7 Å². The Hall–Kier alpha value is -1.46. The molecule has 0 saturated heterocycles. The maximum absolute atomic E-state index is 12.4. The summed E-state index contributed by atoms with van der Waals surface area (Å²) in [4.78, 5) is 3.40. The molecule has 0 aliphatic heterocycles. The van der Waals surface area contributed by atoms with Gasteiger partial charge in [0.2, 0.25) is 0 Å². The number of hydrogen-bond donors (Lipinski definition) is 0. The van der Waals surface area contributed by atoms with Crippen molar-refractivity contribution in [1.29, 1.82) is 0 Å². The molecule has 0 fully saturated rings. The molecule has 0 radical (unpaired) electrons. The molecular weight excluding hydrogens is 329 g/mol. The van der Waals surface area contributed by atoms with Gasteiger partial charge in [0.05, 0.1) is 12.7 Å². The number of alkyl halides is 3. The molecule has 0 spiro atoms. The van der Waals surface area contributed by atoms with E-state index in [1.54, 1.807) is 0 Å². The summed E-state index contributed by atoms with van der Waals surface area (Å²) in [6.07, 6.45) is -3.21. The molecule has 116 valence electrons. The van der Waals surface area contributed by atoms with Gasteiger partial charge in [0.25, 0.3) is 10.0 Å². The lowest BCUT2D eigenvalue weighted by Crippen LogP contribution is -2.28. The van der Waals surface area contributed by atoms with Crippen LogP contribution in [0.4, 0.5) is 13.2 Å². The lowest BCUT2D eigenvalue weighted by Gasteiger charge is -2.15. The summed E-state index contributed by atoms with van der Waals surface area (Å²) in [5, 5.41) is 4.64. The first-order valence-corrected chi connectivity index (χ1v) is 7.90. The van der Waals surface area contributed by atoms with E-state index in [2.05, 4.69) is 10.1 Å². The van der Waals surface area contributed by atoms with Crippen LogP contribution in [0.3, 0.4) is 0 Å². The van der Waals surface area contributed by atoms with Crippen LogP contribution in [0.2, 0.25) is 0 Å². The normalized spacial score (nSPS) is 13.0. The van der Waals surface area contributed by atoms with E-state index in [4.69, 9.17) is 0 Å². The van der Waals surface area contributed by atoms with Crippen LogP contribution in [0.5, 0.6) is 0 Å². The number of rotatable bonds is 4. The second kappa shape index (κ2) is 5.39. The molecule has 2 heterocycles. The van der Waals surface area contributed by atoms with Crippen LogP contribution in [0.1, 0.15) is 10.7 Å². The Balaban J connectivity index is 2.20. The highest BCUT2D eigenvalue weighted by Crippen LogP contribution is 2.30. The summed E-state index contributed by atoms with van der Waals surface area (Å²) in [5.41, 5.74) is -1.02. The molecule has 2 aromatic rings. The number of aryl methyl sites for hydroxylation is 1. The Kier molecular flexibility index (Phi) is 4.08. The Morgan fingerprint density at radius 1 is 1.43 bits per heavy atom. The van der Waals surface area contributed by atoms with Crippen molar-refractivity contribution >= 4 is 21.4 Å². The molecule has 0 aliphatic rings. The van der Waals surface area contributed by atoms with Gasteiger partial charge in [-0.05, 0) is 6.07 Å². The van der Waals surface area contributed by atoms with Crippen molar-refractivity contribution in [3.8, 4) is 0 Å². The first-order chi connectivity index (χ1) is 9.62. The first-order valence-electron chi connectivity index (χ1n) is 5.58. The highest BCUT2D eigenvalue weighted by atomic mass is 32.2. The molecule has 0 aliphatic carbocycles. The lowest BCUT2D eigenvalue weighted by molar-refractivity contribution is -0.140. The maximum atomic E-state index is 12.4. The molecule has 2 rings (SSSR count). The van der Waals surface area contributed by atoms with Gasteiger partial charge in [-0.15, -0.1) is 11.3 Å². The molecular formula is C10H11F3N4O2S2. The summed E-state index contributed by atoms with van der Waals surface area (Å²) in [6.45, 7) is -0.242. The monoisotopic (exact) mass is 340 g/mol. The van der Waals surface area contributed by atoms with E-state index >= 15 is 0 Å². The van der Waals surface area contributed by atoms with Crippen molar-refractivity contribution in [3.05, 3.63) is 28.3 Å². The fraction of sp³-hybridized carbons (Fsp3) is 0.400. The van der Waals surface area contributed by atoms with Gasteiger partial charge >= 0.3 is 6.18 Å². The van der Waals surface area contributed by atoms with E-state index in [1.807, 2.05) is 0 Å². The van der Waals surface area contributed by atoms with E-state index in [-0.39, 0.29) is 16.6 Å².